The number of nitrogens with one attached hydrogen (secondary N) is 1. The standard InChI is InChI=1S/C15H16N2/c1-4-11-13(5-2)17-14-10-8-7-9-12(14)15(11)16-6-3/h4-5,7-10H,1-2,6H2,3H3,(H,16,17). The van der Waals surface area contributed by atoms with E-state index in [1.54, 1.807) is 6.08 Å². The smallest absolute Gasteiger partial charge is 0.0730 e. The zero-order valence-electron chi connectivity index (χ0n) is 10.0. The Kier molecular flexibility index (Phi) is 3.24. The molecule has 17 heavy (non-hydrogen) atoms. The highest BCUT2D eigenvalue weighted by atomic mass is 14.9. The molecule has 0 aliphatic carbocycles. The highest BCUT2D eigenvalue weighted by molar-refractivity contribution is 5.97. The highest BCUT2D eigenvalue weighted by Gasteiger charge is 2.09. The summed E-state index contributed by atoms with van der Waals surface area (Å²) in [5.74, 6) is 0. The Labute approximate surface area is 102 Å². The van der Waals surface area contributed by atoms with E-state index >= 15 is 0 Å². The average molecular weight is 224 g/mol. The van der Waals surface area contributed by atoms with Gasteiger partial charge in [0.15, 0.2) is 0 Å². The van der Waals surface area contributed by atoms with Gasteiger partial charge in [-0.15, -0.1) is 0 Å². The largest absolute Gasteiger partial charge is 0.384 e. The summed E-state index contributed by atoms with van der Waals surface area (Å²) in [5.41, 5.74) is 3.95. The molecule has 1 aromatic heterocycles. The molecule has 2 aromatic rings. The molecule has 0 saturated carbocycles. The first-order valence-electron chi connectivity index (χ1n) is 5.73. The Morgan fingerprint density at radius 1 is 1.24 bits per heavy atom. The summed E-state index contributed by atoms with van der Waals surface area (Å²) in [7, 11) is 0. The first-order chi connectivity index (χ1) is 8.31. The minimum Gasteiger partial charge on any atom is -0.384 e. The van der Waals surface area contributed by atoms with E-state index in [1.807, 2.05) is 24.3 Å². The Morgan fingerprint density at radius 2 is 2.00 bits per heavy atom. The van der Waals surface area contributed by atoms with Crippen molar-refractivity contribution in [3.63, 3.8) is 0 Å². The topological polar surface area (TPSA) is 24.9 Å². The number of fused-ring (bicyclic) bond motifs is 1. The van der Waals surface area contributed by atoms with E-state index in [4.69, 9.17) is 0 Å². The van der Waals surface area contributed by atoms with Gasteiger partial charge in [-0.05, 0) is 19.1 Å². The molecule has 0 aliphatic rings. The first-order valence-corrected chi connectivity index (χ1v) is 5.73. The number of benzene rings is 1. The van der Waals surface area contributed by atoms with Crippen LogP contribution in [-0.2, 0) is 0 Å². The summed E-state index contributed by atoms with van der Waals surface area (Å²) >= 11 is 0. The highest BCUT2D eigenvalue weighted by Crippen LogP contribution is 2.29. The van der Waals surface area contributed by atoms with Crippen molar-refractivity contribution in [3.05, 3.63) is 48.7 Å². The second-order valence-corrected chi connectivity index (χ2v) is 3.74. The normalized spacial score (nSPS) is 10.2. The van der Waals surface area contributed by atoms with Crippen LogP contribution in [0.1, 0.15) is 18.2 Å². The number of para-hydroxylation sites is 1. The Morgan fingerprint density at radius 3 is 2.65 bits per heavy atom. The third-order valence-electron chi connectivity index (χ3n) is 2.71. The van der Waals surface area contributed by atoms with Crippen LogP contribution in [0.5, 0.6) is 0 Å². The van der Waals surface area contributed by atoms with Gasteiger partial charge in [-0.2, -0.15) is 0 Å². The number of anilines is 1. The molecule has 1 aromatic carbocycles. The van der Waals surface area contributed by atoms with Crippen LogP contribution < -0.4 is 5.32 Å². The number of hydrogen-bond acceptors (Lipinski definition) is 2. The lowest BCUT2D eigenvalue weighted by atomic mass is 10.1. The van der Waals surface area contributed by atoms with E-state index in [1.165, 1.54) is 0 Å². The molecular formula is C15H16N2. The summed E-state index contributed by atoms with van der Waals surface area (Å²) in [6.45, 7) is 10.6. The maximum absolute atomic E-state index is 4.58. The zero-order chi connectivity index (χ0) is 12.3. The average Bonchev–Trinajstić information content (AvgIpc) is 2.38. The molecule has 86 valence electrons. The van der Waals surface area contributed by atoms with Gasteiger partial charge in [0, 0.05) is 17.5 Å². The predicted octanol–water partition coefficient (Wildman–Crippen LogP) is 3.95. The Balaban J connectivity index is 2.85. The molecule has 0 atom stereocenters. The number of hydrogen-bond donors (Lipinski definition) is 1. The van der Waals surface area contributed by atoms with Gasteiger partial charge in [0.1, 0.15) is 0 Å². The van der Waals surface area contributed by atoms with Crippen molar-refractivity contribution in [1.29, 1.82) is 0 Å². The lowest BCUT2D eigenvalue weighted by Crippen LogP contribution is -2.02. The third kappa shape index (κ3) is 1.94. The van der Waals surface area contributed by atoms with Gasteiger partial charge in [0.05, 0.1) is 16.9 Å². The molecule has 0 saturated heterocycles. The zero-order valence-corrected chi connectivity index (χ0v) is 10.0. The molecule has 0 fully saturated rings. The molecule has 1 N–H and O–H groups in total. The van der Waals surface area contributed by atoms with Crippen LogP contribution in [0, 0.1) is 0 Å². The number of rotatable bonds is 4. The first kappa shape index (κ1) is 11.4. The van der Waals surface area contributed by atoms with E-state index < -0.39 is 0 Å². The summed E-state index contributed by atoms with van der Waals surface area (Å²) in [5, 5.41) is 4.51. The summed E-state index contributed by atoms with van der Waals surface area (Å²) in [4.78, 5) is 4.58. The van der Waals surface area contributed by atoms with Crippen LogP contribution in [0.25, 0.3) is 23.1 Å². The second-order valence-electron chi connectivity index (χ2n) is 3.74. The maximum Gasteiger partial charge on any atom is 0.0730 e. The summed E-state index contributed by atoms with van der Waals surface area (Å²) in [6.07, 6.45) is 3.60. The fourth-order valence-electron chi connectivity index (χ4n) is 1.98. The van der Waals surface area contributed by atoms with Crippen LogP contribution in [0.2, 0.25) is 0 Å². The lowest BCUT2D eigenvalue weighted by molar-refractivity contribution is 1.21. The summed E-state index contributed by atoms with van der Waals surface area (Å²) in [6, 6.07) is 8.09. The Hall–Kier alpha value is -2.09. The SMILES string of the molecule is C=Cc1nc2ccccc2c(NCC)c1C=C. The molecule has 0 bridgehead atoms. The molecule has 2 nitrogen and oxygen atoms in total. The van der Waals surface area contributed by atoms with Crippen molar-refractivity contribution in [2.45, 2.75) is 6.92 Å². The van der Waals surface area contributed by atoms with Crippen molar-refractivity contribution in [1.82, 2.24) is 4.98 Å². The predicted molar refractivity (Wildman–Crippen MR) is 76.1 cm³/mol. The lowest BCUT2D eigenvalue weighted by Gasteiger charge is -2.13. The van der Waals surface area contributed by atoms with E-state index in [2.05, 4.69) is 36.4 Å². The van der Waals surface area contributed by atoms with Crippen LogP contribution in [0.4, 0.5) is 5.69 Å². The molecule has 0 radical (unpaired) electrons. The molecule has 1 heterocycles. The minimum absolute atomic E-state index is 0.866. The minimum atomic E-state index is 0.866. The molecule has 2 rings (SSSR count). The number of aromatic nitrogens is 1. The molecule has 2 heteroatoms. The molecule has 0 spiro atoms. The van der Waals surface area contributed by atoms with Gasteiger partial charge in [-0.3, -0.25) is 0 Å². The van der Waals surface area contributed by atoms with Crippen molar-refractivity contribution in [2.75, 3.05) is 11.9 Å². The van der Waals surface area contributed by atoms with Gasteiger partial charge >= 0.3 is 0 Å². The van der Waals surface area contributed by atoms with Crippen LogP contribution in [0.15, 0.2) is 37.4 Å². The van der Waals surface area contributed by atoms with Crippen molar-refractivity contribution in [3.8, 4) is 0 Å². The van der Waals surface area contributed by atoms with Crippen molar-refractivity contribution in [2.24, 2.45) is 0 Å². The molecule has 0 unspecified atom stereocenters. The van der Waals surface area contributed by atoms with Gasteiger partial charge in [-0.1, -0.05) is 37.4 Å². The van der Waals surface area contributed by atoms with E-state index in [0.29, 0.717) is 0 Å². The molecular weight excluding hydrogens is 208 g/mol. The fraction of sp³-hybridized carbons (Fsp3) is 0.133. The van der Waals surface area contributed by atoms with E-state index in [9.17, 15) is 0 Å². The van der Waals surface area contributed by atoms with Gasteiger partial charge in [-0.25, -0.2) is 4.98 Å². The van der Waals surface area contributed by atoms with Crippen molar-refractivity contribution < 1.29 is 0 Å². The van der Waals surface area contributed by atoms with Crippen molar-refractivity contribution >= 4 is 28.7 Å². The van der Waals surface area contributed by atoms with Gasteiger partial charge in [0.2, 0.25) is 0 Å². The van der Waals surface area contributed by atoms with E-state index in [0.717, 1.165) is 34.4 Å². The third-order valence-corrected chi connectivity index (χ3v) is 2.71. The fourth-order valence-corrected chi connectivity index (χ4v) is 1.98. The van der Waals surface area contributed by atoms with Gasteiger partial charge in [0.25, 0.3) is 0 Å². The monoisotopic (exact) mass is 224 g/mol. The summed E-state index contributed by atoms with van der Waals surface area (Å²) < 4.78 is 0. The second kappa shape index (κ2) is 4.83. The maximum atomic E-state index is 4.58. The van der Waals surface area contributed by atoms with Crippen LogP contribution >= 0.6 is 0 Å². The number of nitrogens with zero attached hydrogens (tertiary/aromatic N) is 1. The van der Waals surface area contributed by atoms with Gasteiger partial charge < -0.3 is 5.32 Å². The van der Waals surface area contributed by atoms with Crippen LogP contribution in [-0.4, -0.2) is 11.5 Å². The molecule has 0 amide bonds. The van der Waals surface area contributed by atoms with E-state index in [-0.39, 0.29) is 0 Å². The Bertz CT molecular complexity index is 570. The van der Waals surface area contributed by atoms with Crippen LogP contribution in [0.3, 0.4) is 0 Å². The quantitative estimate of drug-likeness (QED) is 0.850. The molecule has 0 aliphatic heterocycles. The number of pyridine rings is 1.